The second-order valence-electron chi connectivity index (χ2n) is 5.87. The van der Waals surface area contributed by atoms with Gasteiger partial charge in [0.05, 0.1) is 11.6 Å². The number of rotatable bonds is 2. The molecule has 1 aromatic carbocycles. The molecular formula is C17H18N4O2. The largest absolute Gasteiger partial charge is 0.463 e. The van der Waals surface area contributed by atoms with Gasteiger partial charge >= 0.3 is 0 Å². The lowest BCUT2D eigenvalue weighted by Crippen LogP contribution is -2.49. The summed E-state index contributed by atoms with van der Waals surface area (Å²) in [6, 6.07) is 7.71. The van der Waals surface area contributed by atoms with Crippen molar-refractivity contribution in [2.45, 2.75) is 6.04 Å². The van der Waals surface area contributed by atoms with Gasteiger partial charge < -0.3 is 14.3 Å². The summed E-state index contributed by atoms with van der Waals surface area (Å²) in [5.74, 6) is 0.904. The van der Waals surface area contributed by atoms with Crippen molar-refractivity contribution in [1.82, 2.24) is 19.8 Å². The van der Waals surface area contributed by atoms with Crippen LogP contribution >= 0.6 is 0 Å². The zero-order valence-electron chi connectivity index (χ0n) is 12.9. The molecular weight excluding hydrogens is 292 g/mol. The summed E-state index contributed by atoms with van der Waals surface area (Å²) in [4.78, 5) is 24.5. The van der Waals surface area contributed by atoms with Crippen molar-refractivity contribution in [3.63, 3.8) is 0 Å². The van der Waals surface area contributed by atoms with Crippen molar-refractivity contribution in [1.29, 1.82) is 0 Å². The summed E-state index contributed by atoms with van der Waals surface area (Å²) in [6.45, 7) is 2.13. The first-order valence-electron chi connectivity index (χ1n) is 7.69. The van der Waals surface area contributed by atoms with Crippen LogP contribution in [0.3, 0.4) is 0 Å². The van der Waals surface area contributed by atoms with E-state index in [9.17, 15) is 4.79 Å². The van der Waals surface area contributed by atoms with Crippen LogP contribution in [0.15, 0.2) is 47.3 Å². The molecule has 1 atom stereocenters. The third kappa shape index (κ3) is 2.41. The van der Waals surface area contributed by atoms with Gasteiger partial charge in [0.15, 0.2) is 0 Å². The van der Waals surface area contributed by atoms with E-state index in [4.69, 9.17) is 4.42 Å². The van der Waals surface area contributed by atoms with Gasteiger partial charge in [0.25, 0.3) is 5.91 Å². The van der Waals surface area contributed by atoms with Crippen molar-refractivity contribution in [2.75, 3.05) is 26.7 Å². The van der Waals surface area contributed by atoms with Gasteiger partial charge in [-0.15, -0.1) is 0 Å². The molecule has 1 N–H and O–H groups in total. The maximum Gasteiger partial charge on any atom is 0.257 e. The number of amides is 1. The zero-order valence-corrected chi connectivity index (χ0v) is 12.9. The number of carbonyl (C=O) groups is 1. The maximum absolute atomic E-state index is 12.9. The summed E-state index contributed by atoms with van der Waals surface area (Å²) in [6.07, 6.45) is 5.12. The van der Waals surface area contributed by atoms with Gasteiger partial charge in [-0.2, -0.15) is 0 Å². The van der Waals surface area contributed by atoms with Crippen LogP contribution in [0.1, 0.15) is 22.2 Å². The molecule has 0 bridgehead atoms. The van der Waals surface area contributed by atoms with E-state index < -0.39 is 0 Å². The molecule has 1 fully saturated rings. The van der Waals surface area contributed by atoms with Crippen molar-refractivity contribution >= 4 is 16.9 Å². The molecule has 1 aliphatic heterocycles. The van der Waals surface area contributed by atoms with Crippen LogP contribution < -0.4 is 0 Å². The number of aromatic amines is 1. The first-order valence-corrected chi connectivity index (χ1v) is 7.69. The topological polar surface area (TPSA) is 65.4 Å². The van der Waals surface area contributed by atoms with Crippen LogP contribution in [-0.2, 0) is 0 Å². The van der Waals surface area contributed by atoms with Crippen LogP contribution in [0, 0.1) is 0 Å². The predicted molar refractivity (Wildman–Crippen MR) is 86.1 cm³/mol. The third-order valence-electron chi connectivity index (χ3n) is 4.48. The van der Waals surface area contributed by atoms with Gasteiger partial charge in [0.2, 0.25) is 0 Å². The Bertz CT molecular complexity index is 824. The van der Waals surface area contributed by atoms with Gasteiger partial charge in [-0.1, -0.05) is 18.2 Å². The number of nitrogens with one attached hydrogen (secondary N) is 1. The maximum atomic E-state index is 12.9. The van der Waals surface area contributed by atoms with E-state index in [1.807, 2.05) is 35.4 Å². The van der Waals surface area contributed by atoms with Crippen LogP contribution in [0.4, 0.5) is 0 Å². The molecule has 0 aliphatic carbocycles. The SMILES string of the molecule is CN1CCN(C(=O)c2coc3ccccc23)C[C@H]1c1ncc[nH]1. The highest BCUT2D eigenvalue weighted by Gasteiger charge is 2.31. The first kappa shape index (κ1) is 14.0. The van der Waals surface area contributed by atoms with E-state index in [0.717, 1.165) is 23.3 Å². The molecule has 0 radical (unpaired) electrons. The summed E-state index contributed by atoms with van der Waals surface area (Å²) in [7, 11) is 2.06. The molecule has 1 amide bonds. The number of piperazine rings is 1. The number of imidazole rings is 1. The predicted octanol–water partition coefficient (Wildman–Crippen LogP) is 2.28. The van der Waals surface area contributed by atoms with Crippen molar-refractivity contribution in [3.8, 4) is 0 Å². The number of aromatic nitrogens is 2. The number of carbonyl (C=O) groups excluding carboxylic acids is 1. The summed E-state index contributed by atoms with van der Waals surface area (Å²) < 4.78 is 5.50. The molecule has 3 aromatic rings. The Morgan fingerprint density at radius 1 is 1.35 bits per heavy atom. The molecule has 118 valence electrons. The van der Waals surface area contributed by atoms with Gasteiger partial charge in [0.1, 0.15) is 17.7 Å². The van der Waals surface area contributed by atoms with Gasteiger partial charge in [-0.05, 0) is 13.1 Å². The fourth-order valence-corrected chi connectivity index (χ4v) is 3.13. The second-order valence-corrected chi connectivity index (χ2v) is 5.87. The molecule has 3 heterocycles. The number of furan rings is 1. The quantitative estimate of drug-likeness (QED) is 0.788. The monoisotopic (exact) mass is 310 g/mol. The Balaban J connectivity index is 1.61. The van der Waals surface area contributed by atoms with Crippen LogP contribution in [0.2, 0.25) is 0 Å². The van der Waals surface area contributed by atoms with E-state index >= 15 is 0 Å². The fraction of sp³-hybridized carbons (Fsp3) is 0.294. The average Bonchev–Trinajstić information content (AvgIpc) is 3.24. The van der Waals surface area contributed by atoms with Crippen molar-refractivity contribution in [3.05, 3.63) is 54.3 Å². The lowest BCUT2D eigenvalue weighted by Gasteiger charge is -2.38. The number of para-hydroxylation sites is 1. The van der Waals surface area contributed by atoms with E-state index in [1.165, 1.54) is 0 Å². The van der Waals surface area contributed by atoms with Crippen LogP contribution in [-0.4, -0.2) is 52.4 Å². The molecule has 4 rings (SSSR count). The zero-order chi connectivity index (χ0) is 15.8. The van der Waals surface area contributed by atoms with Crippen LogP contribution in [0.25, 0.3) is 11.0 Å². The standard InChI is InChI=1S/C17H18N4O2/c1-20-8-9-21(10-14(20)16-18-6-7-19-16)17(22)13-11-23-15-5-3-2-4-12(13)15/h2-7,11,14H,8-10H2,1H3,(H,18,19)/t14-/m0/s1. The van der Waals surface area contributed by atoms with Gasteiger partial charge in [-0.25, -0.2) is 4.98 Å². The third-order valence-corrected chi connectivity index (χ3v) is 4.48. The highest BCUT2D eigenvalue weighted by molar-refractivity contribution is 6.05. The van der Waals surface area contributed by atoms with E-state index in [1.54, 1.807) is 12.5 Å². The summed E-state index contributed by atoms with van der Waals surface area (Å²) in [5.41, 5.74) is 1.37. The molecule has 23 heavy (non-hydrogen) atoms. The van der Waals surface area contributed by atoms with E-state index in [0.29, 0.717) is 18.7 Å². The Labute approximate surface area is 133 Å². The number of nitrogens with zero attached hydrogens (tertiary/aromatic N) is 3. The molecule has 2 aromatic heterocycles. The van der Waals surface area contributed by atoms with Crippen LogP contribution in [0.5, 0.6) is 0 Å². The number of benzene rings is 1. The Morgan fingerprint density at radius 2 is 2.22 bits per heavy atom. The highest BCUT2D eigenvalue weighted by Crippen LogP contribution is 2.26. The molecule has 0 spiro atoms. The molecule has 0 unspecified atom stereocenters. The number of hydrogen-bond acceptors (Lipinski definition) is 4. The fourth-order valence-electron chi connectivity index (χ4n) is 3.13. The molecule has 1 saturated heterocycles. The number of H-pyrrole nitrogens is 1. The van der Waals surface area contributed by atoms with Gasteiger partial charge in [0, 0.05) is 37.4 Å². The Hall–Kier alpha value is -2.60. The van der Waals surface area contributed by atoms with Crippen molar-refractivity contribution in [2.24, 2.45) is 0 Å². The van der Waals surface area contributed by atoms with Gasteiger partial charge in [-0.3, -0.25) is 9.69 Å². The lowest BCUT2D eigenvalue weighted by molar-refractivity contribution is 0.0535. The normalized spacial score (nSPS) is 19.3. The minimum Gasteiger partial charge on any atom is -0.463 e. The molecule has 6 heteroatoms. The molecule has 1 aliphatic rings. The highest BCUT2D eigenvalue weighted by atomic mass is 16.3. The lowest BCUT2D eigenvalue weighted by atomic mass is 10.1. The minimum absolute atomic E-state index is 0.0135. The smallest absolute Gasteiger partial charge is 0.257 e. The summed E-state index contributed by atoms with van der Waals surface area (Å²) in [5, 5.41) is 0.867. The second kappa shape index (κ2) is 5.55. The number of likely N-dealkylation sites (N-methyl/N-ethyl adjacent to an activating group) is 1. The van der Waals surface area contributed by atoms with E-state index in [-0.39, 0.29) is 11.9 Å². The average molecular weight is 310 g/mol. The molecule has 0 saturated carbocycles. The Kier molecular flexibility index (Phi) is 3.38. The molecule has 6 nitrogen and oxygen atoms in total. The van der Waals surface area contributed by atoms with E-state index in [2.05, 4.69) is 21.9 Å². The first-order chi connectivity index (χ1) is 11.2. The summed E-state index contributed by atoms with van der Waals surface area (Å²) >= 11 is 0. The number of fused-ring (bicyclic) bond motifs is 1. The number of hydrogen-bond donors (Lipinski definition) is 1. The minimum atomic E-state index is 0.0135. The van der Waals surface area contributed by atoms with Crippen molar-refractivity contribution < 1.29 is 9.21 Å². The Morgan fingerprint density at radius 3 is 3.04 bits per heavy atom.